The zero-order chi connectivity index (χ0) is 13.3. The Kier molecular flexibility index (Phi) is 3.53. The highest BCUT2D eigenvalue weighted by molar-refractivity contribution is 5.38. The van der Waals surface area contributed by atoms with E-state index >= 15 is 0 Å². The molecule has 3 rings (SSSR count). The van der Waals surface area contributed by atoms with Gasteiger partial charge >= 0.3 is 0 Å². The summed E-state index contributed by atoms with van der Waals surface area (Å²) >= 11 is 0. The van der Waals surface area contributed by atoms with Crippen molar-refractivity contribution >= 4 is 0 Å². The van der Waals surface area contributed by atoms with Gasteiger partial charge in [0.25, 0.3) is 0 Å². The summed E-state index contributed by atoms with van der Waals surface area (Å²) in [4.78, 5) is 0. The monoisotopic (exact) mass is 259 g/mol. The van der Waals surface area contributed by atoms with Gasteiger partial charge in [-0.2, -0.15) is 0 Å². The molecule has 2 nitrogen and oxygen atoms in total. The summed E-state index contributed by atoms with van der Waals surface area (Å²) in [6, 6.07) is 8.98. The van der Waals surface area contributed by atoms with Gasteiger partial charge in [0.15, 0.2) is 0 Å². The Morgan fingerprint density at radius 1 is 1.32 bits per heavy atom. The number of nitrogens with one attached hydrogen (secondary N) is 1. The highest BCUT2D eigenvalue weighted by Gasteiger charge is 2.40. The molecule has 1 aliphatic heterocycles. The molecule has 1 aliphatic carbocycles. The number of ether oxygens (including phenoxy) is 1. The molecule has 0 radical (unpaired) electrons. The van der Waals surface area contributed by atoms with Gasteiger partial charge in [-0.3, -0.25) is 0 Å². The summed E-state index contributed by atoms with van der Waals surface area (Å²) in [5.74, 6) is 1.99. The zero-order valence-corrected chi connectivity index (χ0v) is 12.1. The second-order valence-electron chi connectivity index (χ2n) is 6.45. The molecule has 2 unspecified atom stereocenters. The fourth-order valence-corrected chi connectivity index (χ4v) is 3.27. The predicted molar refractivity (Wildman–Crippen MR) is 78.5 cm³/mol. The molecule has 0 spiro atoms. The zero-order valence-electron chi connectivity index (χ0n) is 12.1. The number of hydrogen-bond acceptors (Lipinski definition) is 2. The maximum Gasteiger partial charge on any atom is 0.124 e. The number of para-hydroxylation sites is 1. The predicted octanol–water partition coefficient (Wildman–Crippen LogP) is 4.07. The fraction of sp³-hybridized carbons (Fsp3) is 0.647. The second-order valence-corrected chi connectivity index (χ2v) is 6.45. The molecule has 1 aromatic carbocycles. The van der Waals surface area contributed by atoms with E-state index in [0.717, 1.165) is 24.6 Å². The average Bonchev–Trinajstić information content (AvgIpc) is 3.19. The lowest BCUT2D eigenvalue weighted by atomic mass is 9.85. The largest absolute Gasteiger partial charge is 0.487 e. The van der Waals surface area contributed by atoms with E-state index in [1.807, 2.05) is 0 Å². The molecular formula is C17H25NO. The first-order valence-corrected chi connectivity index (χ1v) is 7.71. The molecular weight excluding hydrogens is 234 g/mol. The molecule has 2 aliphatic rings. The van der Waals surface area contributed by atoms with Gasteiger partial charge in [0.05, 0.1) is 0 Å². The van der Waals surface area contributed by atoms with Crippen LogP contribution >= 0.6 is 0 Å². The van der Waals surface area contributed by atoms with E-state index in [0.29, 0.717) is 6.04 Å². The Bertz CT molecular complexity index is 441. The van der Waals surface area contributed by atoms with Gasteiger partial charge in [-0.25, -0.2) is 0 Å². The summed E-state index contributed by atoms with van der Waals surface area (Å²) < 4.78 is 6.34. The topological polar surface area (TPSA) is 21.3 Å². The molecule has 1 saturated carbocycles. The van der Waals surface area contributed by atoms with Crippen LogP contribution in [0.3, 0.4) is 0 Å². The summed E-state index contributed by atoms with van der Waals surface area (Å²) in [5, 5.41) is 3.70. The SMILES string of the molecule is CCCNC1CC(C)(CC2CC2)Oc2ccccc21. The molecule has 0 aromatic heterocycles. The third kappa shape index (κ3) is 2.94. The van der Waals surface area contributed by atoms with Gasteiger partial charge in [0.1, 0.15) is 11.4 Å². The van der Waals surface area contributed by atoms with Gasteiger partial charge in [0.2, 0.25) is 0 Å². The van der Waals surface area contributed by atoms with E-state index in [1.54, 1.807) is 0 Å². The van der Waals surface area contributed by atoms with Crippen molar-refractivity contribution in [2.75, 3.05) is 6.54 Å². The molecule has 0 amide bonds. The molecule has 0 bridgehead atoms. The first-order chi connectivity index (χ1) is 9.20. The lowest BCUT2D eigenvalue weighted by Crippen LogP contribution is -2.42. The van der Waals surface area contributed by atoms with Gasteiger partial charge < -0.3 is 10.1 Å². The fourth-order valence-electron chi connectivity index (χ4n) is 3.27. The van der Waals surface area contributed by atoms with Gasteiger partial charge in [-0.1, -0.05) is 38.0 Å². The minimum Gasteiger partial charge on any atom is -0.487 e. The van der Waals surface area contributed by atoms with E-state index in [1.165, 1.54) is 31.2 Å². The molecule has 1 fully saturated rings. The summed E-state index contributed by atoms with van der Waals surface area (Å²) in [7, 11) is 0. The van der Waals surface area contributed by atoms with Crippen LogP contribution in [0, 0.1) is 5.92 Å². The van der Waals surface area contributed by atoms with E-state index in [4.69, 9.17) is 4.74 Å². The van der Waals surface area contributed by atoms with E-state index in [9.17, 15) is 0 Å². The second kappa shape index (κ2) is 5.16. The first kappa shape index (κ1) is 13.0. The van der Waals surface area contributed by atoms with Crippen molar-refractivity contribution in [1.82, 2.24) is 5.32 Å². The smallest absolute Gasteiger partial charge is 0.124 e. The molecule has 1 N–H and O–H groups in total. The Balaban J connectivity index is 1.81. The van der Waals surface area contributed by atoms with Gasteiger partial charge in [0, 0.05) is 18.0 Å². The van der Waals surface area contributed by atoms with Gasteiger partial charge in [-0.15, -0.1) is 0 Å². The molecule has 1 heterocycles. The van der Waals surface area contributed by atoms with Crippen LogP contribution in [0.4, 0.5) is 0 Å². The third-order valence-corrected chi connectivity index (χ3v) is 4.34. The Morgan fingerprint density at radius 3 is 2.84 bits per heavy atom. The van der Waals surface area contributed by atoms with Crippen molar-refractivity contribution in [1.29, 1.82) is 0 Å². The van der Waals surface area contributed by atoms with E-state index in [-0.39, 0.29) is 5.60 Å². The normalized spacial score (nSPS) is 29.7. The molecule has 2 heteroatoms. The third-order valence-electron chi connectivity index (χ3n) is 4.34. The number of benzene rings is 1. The first-order valence-electron chi connectivity index (χ1n) is 7.71. The maximum absolute atomic E-state index is 6.34. The van der Waals surface area contributed by atoms with Gasteiger partial charge in [-0.05, 0) is 38.3 Å². The molecule has 0 saturated heterocycles. The lowest BCUT2D eigenvalue weighted by Gasteiger charge is -2.40. The number of fused-ring (bicyclic) bond motifs is 1. The molecule has 1 aromatic rings. The highest BCUT2D eigenvalue weighted by Crippen LogP contribution is 2.46. The average molecular weight is 259 g/mol. The highest BCUT2D eigenvalue weighted by atomic mass is 16.5. The molecule has 104 valence electrons. The van der Waals surface area contributed by atoms with Crippen molar-refractivity contribution in [3.63, 3.8) is 0 Å². The summed E-state index contributed by atoms with van der Waals surface area (Å²) in [6.45, 7) is 5.60. The van der Waals surface area contributed by atoms with Crippen LogP contribution in [0.15, 0.2) is 24.3 Å². The minimum atomic E-state index is 0.0148. The van der Waals surface area contributed by atoms with Crippen molar-refractivity contribution in [3.8, 4) is 5.75 Å². The number of hydrogen-bond donors (Lipinski definition) is 1. The van der Waals surface area contributed by atoms with Crippen LogP contribution in [0.2, 0.25) is 0 Å². The quantitative estimate of drug-likeness (QED) is 0.860. The molecule has 19 heavy (non-hydrogen) atoms. The number of rotatable bonds is 5. The van der Waals surface area contributed by atoms with E-state index in [2.05, 4.69) is 43.4 Å². The van der Waals surface area contributed by atoms with Crippen LogP contribution in [0.25, 0.3) is 0 Å². The Labute approximate surface area is 116 Å². The maximum atomic E-state index is 6.34. The van der Waals surface area contributed by atoms with Crippen LogP contribution < -0.4 is 10.1 Å². The van der Waals surface area contributed by atoms with E-state index < -0.39 is 0 Å². The van der Waals surface area contributed by atoms with Crippen molar-refractivity contribution in [2.24, 2.45) is 5.92 Å². The summed E-state index contributed by atoms with van der Waals surface area (Å²) in [6.07, 6.45) is 6.28. The lowest BCUT2D eigenvalue weighted by molar-refractivity contribution is 0.0346. The Morgan fingerprint density at radius 2 is 2.11 bits per heavy atom. The van der Waals surface area contributed by atoms with Crippen LogP contribution in [-0.4, -0.2) is 12.1 Å². The van der Waals surface area contributed by atoms with Crippen LogP contribution in [0.5, 0.6) is 5.75 Å². The minimum absolute atomic E-state index is 0.0148. The standard InChI is InChI=1S/C17H25NO/c1-3-10-18-15-12-17(2,11-13-8-9-13)19-16-7-5-4-6-14(15)16/h4-7,13,15,18H,3,8-12H2,1-2H3. The van der Waals surface area contributed by atoms with Crippen molar-refractivity contribution < 1.29 is 4.74 Å². The van der Waals surface area contributed by atoms with Crippen molar-refractivity contribution in [3.05, 3.63) is 29.8 Å². The van der Waals surface area contributed by atoms with Crippen LogP contribution in [0.1, 0.15) is 57.6 Å². The molecule has 2 atom stereocenters. The van der Waals surface area contributed by atoms with Crippen LogP contribution in [-0.2, 0) is 0 Å². The Hall–Kier alpha value is -1.02. The summed E-state index contributed by atoms with van der Waals surface area (Å²) in [5.41, 5.74) is 1.35. The van der Waals surface area contributed by atoms with Crippen molar-refractivity contribution in [2.45, 2.75) is 57.6 Å².